The van der Waals surface area contributed by atoms with Crippen LogP contribution in [-0.2, 0) is 23.9 Å². The first kappa shape index (κ1) is 16.9. The Labute approximate surface area is 107 Å². The first-order valence-corrected chi connectivity index (χ1v) is 6.99. The summed E-state index contributed by atoms with van der Waals surface area (Å²) in [5, 5.41) is 11.2. The van der Waals surface area contributed by atoms with E-state index in [1.54, 1.807) is 0 Å². The Bertz CT molecular complexity index is 401. The monoisotopic (exact) mass is 281 g/mol. The summed E-state index contributed by atoms with van der Waals surface area (Å²) in [6.07, 6.45) is 0.218. The minimum Gasteiger partial charge on any atom is -0.481 e. The molecule has 1 amide bonds. The number of carbonyl (C=O) groups excluding carboxylic acids is 1. The molecule has 0 radical (unpaired) electrons. The summed E-state index contributed by atoms with van der Waals surface area (Å²) in [6, 6.07) is 0. The van der Waals surface area contributed by atoms with Crippen molar-refractivity contribution >= 4 is 22.0 Å². The van der Waals surface area contributed by atoms with Gasteiger partial charge in [0.1, 0.15) is 0 Å². The lowest BCUT2D eigenvalue weighted by Gasteiger charge is -2.18. The number of carboxylic acids is 1. The van der Waals surface area contributed by atoms with Crippen molar-refractivity contribution in [2.75, 3.05) is 18.9 Å². The summed E-state index contributed by atoms with van der Waals surface area (Å²) in [6.45, 7) is 3.91. The summed E-state index contributed by atoms with van der Waals surface area (Å²) in [5.74, 6) is -1.63. The van der Waals surface area contributed by atoms with Gasteiger partial charge < -0.3 is 10.4 Å². The van der Waals surface area contributed by atoms with Gasteiger partial charge in [0.25, 0.3) is 10.1 Å². The Hall–Kier alpha value is -1.15. The largest absolute Gasteiger partial charge is 0.481 e. The molecule has 0 aromatic rings. The second kappa shape index (κ2) is 6.69. The van der Waals surface area contributed by atoms with Crippen LogP contribution in [0.4, 0.5) is 0 Å². The first-order chi connectivity index (χ1) is 8.07. The van der Waals surface area contributed by atoms with Gasteiger partial charge in [-0.1, -0.05) is 0 Å². The second-order valence-corrected chi connectivity index (χ2v) is 6.31. The minimum atomic E-state index is -3.76. The van der Waals surface area contributed by atoms with Crippen LogP contribution in [-0.4, -0.2) is 44.3 Å². The molecular formula is C10H19NO6S. The summed E-state index contributed by atoms with van der Waals surface area (Å²) in [7, 11) is -3.76. The smallest absolute Gasteiger partial charge is 0.311 e. The number of hydrogen-bond acceptors (Lipinski definition) is 5. The molecular weight excluding hydrogens is 262 g/mol. The van der Waals surface area contributed by atoms with Gasteiger partial charge in [0.15, 0.2) is 0 Å². The quantitative estimate of drug-likeness (QED) is 0.477. The van der Waals surface area contributed by atoms with Crippen LogP contribution in [0, 0.1) is 5.41 Å². The van der Waals surface area contributed by atoms with Crippen molar-refractivity contribution in [3.05, 3.63) is 0 Å². The van der Waals surface area contributed by atoms with E-state index < -0.39 is 28.1 Å². The molecule has 0 bridgehead atoms. The van der Waals surface area contributed by atoms with Gasteiger partial charge in [-0.3, -0.25) is 13.8 Å². The number of carbonyl (C=O) groups is 2. The Morgan fingerprint density at radius 3 is 2.33 bits per heavy atom. The number of carboxylic acid groups (broad SMARTS) is 1. The fourth-order valence-electron chi connectivity index (χ4n) is 0.871. The highest BCUT2D eigenvalue weighted by molar-refractivity contribution is 7.86. The maximum atomic E-state index is 11.4. The molecule has 0 aromatic heterocycles. The van der Waals surface area contributed by atoms with Gasteiger partial charge in [0, 0.05) is 13.5 Å². The maximum absolute atomic E-state index is 11.4. The zero-order valence-electron chi connectivity index (χ0n) is 10.7. The van der Waals surface area contributed by atoms with Crippen LogP contribution in [0.2, 0.25) is 0 Å². The lowest BCUT2D eigenvalue weighted by Crippen LogP contribution is -2.31. The predicted molar refractivity (Wildman–Crippen MR) is 64.5 cm³/mol. The number of hydrogen-bond donors (Lipinski definition) is 2. The molecule has 7 nitrogen and oxygen atoms in total. The lowest BCUT2D eigenvalue weighted by atomic mass is 9.96. The molecule has 0 aliphatic rings. The fourth-order valence-corrected chi connectivity index (χ4v) is 1.96. The fraction of sp³-hybridized carbons (Fsp3) is 0.800. The average molecular weight is 281 g/mol. The van der Waals surface area contributed by atoms with E-state index in [0.717, 1.165) is 0 Å². The van der Waals surface area contributed by atoms with E-state index in [9.17, 15) is 18.0 Å². The highest BCUT2D eigenvalue weighted by Crippen LogP contribution is 2.16. The van der Waals surface area contributed by atoms with E-state index in [1.165, 1.54) is 20.8 Å². The van der Waals surface area contributed by atoms with Gasteiger partial charge in [-0.2, -0.15) is 8.42 Å². The Morgan fingerprint density at radius 2 is 1.89 bits per heavy atom. The van der Waals surface area contributed by atoms with Gasteiger partial charge in [-0.15, -0.1) is 0 Å². The summed E-state index contributed by atoms with van der Waals surface area (Å²) < 4.78 is 27.5. The normalized spacial score (nSPS) is 12.2. The van der Waals surface area contributed by atoms with Gasteiger partial charge >= 0.3 is 5.97 Å². The van der Waals surface area contributed by atoms with E-state index in [1.807, 2.05) is 0 Å². The van der Waals surface area contributed by atoms with Crippen LogP contribution in [0.25, 0.3) is 0 Å². The van der Waals surface area contributed by atoms with Crippen LogP contribution in [0.1, 0.15) is 27.2 Å². The van der Waals surface area contributed by atoms with E-state index in [4.69, 9.17) is 5.11 Å². The van der Waals surface area contributed by atoms with Crippen LogP contribution in [0.5, 0.6) is 0 Å². The van der Waals surface area contributed by atoms with Gasteiger partial charge in [0.2, 0.25) is 5.91 Å². The molecule has 0 spiro atoms. The zero-order chi connectivity index (χ0) is 14.4. The molecule has 0 saturated heterocycles. The van der Waals surface area contributed by atoms with Crippen molar-refractivity contribution < 1.29 is 27.3 Å². The van der Waals surface area contributed by atoms with Crippen LogP contribution < -0.4 is 5.32 Å². The van der Waals surface area contributed by atoms with Crippen molar-refractivity contribution in [3.63, 3.8) is 0 Å². The number of aliphatic carboxylic acids is 1. The molecule has 0 aliphatic heterocycles. The summed E-state index contributed by atoms with van der Waals surface area (Å²) >= 11 is 0. The zero-order valence-corrected chi connectivity index (χ0v) is 11.5. The third kappa shape index (κ3) is 7.23. The Kier molecular flexibility index (Phi) is 6.27. The third-order valence-corrected chi connectivity index (χ3v) is 3.39. The Morgan fingerprint density at radius 1 is 1.33 bits per heavy atom. The van der Waals surface area contributed by atoms with Crippen molar-refractivity contribution in [1.82, 2.24) is 5.32 Å². The lowest BCUT2D eigenvalue weighted by molar-refractivity contribution is -0.148. The number of nitrogens with one attached hydrogen (secondary N) is 1. The van der Waals surface area contributed by atoms with Crippen molar-refractivity contribution in [2.24, 2.45) is 5.41 Å². The molecule has 106 valence electrons. The average Bonchev–Trinajstić information content (AvgIpc) is 2.22. The summed E-state index contributed by atoms with van der Waals surface area (Å²) in [5.41, 5.74) is -1.26. The van der Waals surface area contributed by atoms with Crippen LogP contribution >= 0.6 is 0 Å². The number of rotatable bonds is 8. The number of amides is 1. The molecule has 0 rings (SSSR count). The maximum Gasteiger partial charge on any atom is 0.311 e. The minimum absolute atomic E-state index is 0.218. The Balaban J connectivity index is 4.09. The van der Waals surface area contributed by atoms with Gasteiger partial charge in [-0.05, 0) is 20.3 Å². The molecule has 0 aromatic carbocycles. The molecule has 0 saturated carbocycles. The molecule has 0 atom stereocenters. The van der Waals surface area contributed by atoms with Crippen LogP contribution in [0.3, 0.4) is 0 Å². The van der Waals surface area contributed by atoms with E-state index in [2.05, 4.69) is 9.50 Å². The molecule has 0 unspecified atom stereocenters. The molecule has 8 heteroatoms. The molecule has 0 fully saturated rings. The third-order valence-electron chi connectivity index (χ3n) is 2.12. The topological polar surface area (TPSA) is 110 Å². The van der Waals surface area contributed by atoms with Crippen molar-refractivity contribution in [3.8, 4) is 0 Å². The van der Waals surface area contributed by atoms with Gasteiger partial charge in [-0.25, -0.2) is 0 Å². The van der Waals surface area contributed by atoms with E-state index in [-0.39, 0.29) is 24.6 Å². The summed E-state index contributed by atoms with van der Waals surface area (Å²) in [4.78, 5) is 21.3. The van der Waals surface area contributed by atoms with E-state index in [0.29, 0.717) is 0 Å². The molecule has 2 N–H and O–H groups in total. The SMILES string of the molecule is CC(=O)NCCCS(=O)(=O)OCC(C)(C)C(=O)O. The first-order valence-electron chi connectivity index (χ1n) is 5.42. The molecule has 18 heavy (non-hydrogen) atoms. The highest BCUT2D eigenvalue weighted by atomic mass is 32.2. The van der Waals surface area contributed by atoms with Crippen molar-refractivity contribution in [2.45, 2.75) is 27.2 Å². The van der Waals surface area contributed by atoms with Crippen LogP contribution in [0.15, 0.2) is 0 Å². The second-order valence-electron chi connectivity index (χ2n) is 4.55. The predicted octanol–water partition coefficient (Wildman–Crippen LogP) is -0.0302. The standard InChI is InChI=1S/C10H19NO6S/c1-8(12)11-5-4-6-18(15,16)17-7-10(2,3)9(13)14/h4-7H2,1-3H3,(H,11,12)(H,13,14). The molecule has 0 aliphatic carbocycles. The highest BCUT2D eigenvalue weighted by Gasteiger charge is 2.29. The van der Waals surface area contributed by atoms with E-state index >= 15 is 0 Å². The van der Waals surface area contributed by atoms with Crippen molar-refractivity contribution in [1.29, 1.82) is 0 Å². The van der Waals surface area contributed by atoms with Gasteiger partial charge in [0.05, 0.1) is 17.8 Å². The molecule has 0 heterocycles.